The Morgan fingerprint density at radius 3 is 2.76 bits per heavy atom. The standard InChI is InChI=1S/C13H28N2O2/c1-13(11-16,14-2)7-8-15(3)10-12-6-4-5-9-17-12/h12,14,16H,4-11H2,1-3H3. The van der Waals surface area contributed by atoms with Crippen LogP contribution in [0.15, 0.2) is 0 Å². The highest BCUT2D eigenvalue weighted by molar-refractivity contribution is 4.81. The summed E-state index contributed by atoms with van der Waals surface area (Å²) in [5, 5.41) is 12.5. The smallest absolute Gasteiger partial charge is 0.0701 e. The van der Waals surface area contributed by atoms with Crippen LogP contribution in [0.3, 0.4) is 0 Å². The Kier molecular flexibility index (Phi) is 6.41. The van der Waals surface area contributed by atoms with Crippen LogP contribution in [0, 0.1) is 0 Å². The maximum absolute atomic E-state index is 9.31. The average Bonchev–Trinajstić information content (AvgIpc) is 2.37. The molecule has 1 rings (SSSR count). The minimum atomic E-state index is -0.165. The Morgan fingerprint density at radius 2 is 2.24 bits per heavy atom. The molecule has 0 bridgehead atoms. The van der Waals surface area contributed by atoms with E-state index in [1.54, 1.807) is 0 Å². The van der Waals surface area contributed by atoms with Gasteiger partial charge in [0, 0.05) is 18.7 Å². The molecule has 1 saturated heterocycles. The molecule has 2 atom stereocenters. The summed E-state index contributed by atoms with van der Waals surface area (Å²) >= 11 is 0. The highest BCUT2D eigenvalue weighted by atomic mass is 16.5. The molecule has 0 aromatic rings. The molecule has 0 spiro atoms. The number of likely N-dealkylation sites (N-methyl/N-ethyl adjacent to an activating group) is 2. The lowest BCUT2D eigenvalue weighted by Gasteiger charge is -2.31. The zero-order chi connectivity index (χ0) is 12.7. The van der Waals surface area contributed by atoms with Gasteiger partial charge in [0.1, 0.15) is 0 Å². The summed E-state index contributed by atoms with van der Waals surface area (Å²) < 4.78 is 5.73. The van der Waals surface area contributed by atoms with Crippen LogP contribution in [-0.4, -0.2) is 62.0 Å². The normalized spacial score (nSPS) is 24.9. The van der Waals surface area contributed by atoms with Gasteiger partial charge in [-0.1, -0.05) is 0 Å². The van der Waals surface area contributed by atoms with Crippen LogP contribution in [0.2, 0.25) is 0 Å². The van der Waals surface area contributed by atoms with Crippen LogP contribution in [0.25, 0.3) is 0 Å². The van der Waals surface area contributed by atoms with Crippen molar-refractivity contribution < 1.29 is 9.84 Å². The SMILES string of the molecule is CNC(C)(CO)CCN(C)CC1CCCCO1. The minimum Gasteiger partial charge on any atom is -0.394 e. The first-order valence-electron chi connectivity index (χ1n) is 6.69. The maximum atomic E-state index is 9.31. The molecular formula is C13H28N2O2. The largest absolute Gasteiger partial charge is 0.394 e. The van der Waals surface area contributed by atoms with E-state index in [4.69, 9.17) is 4.74 Å². The van der Waals surface area contributed by atoms with E-state index < -0.39 is 0 Å². The first-order valence-corrected chi connectivity index (χ1v) is 6.69. The van der Waals surface area contributed by atoms with Crippen molar-refractivity contribution in [2.45, 2.75) is 44.2 Å². The van der Waals surface area contributed by atoms with Crippen molar-refractivity contribution in [2.75, 3.05) is 40.4 Å². The molecule has 2 N–H and O–H groups in total. The molecule has 0 aromatic heterocycles. The Hall–Kier alpha value is -0.160. The van der Waals surface area contributed by atoms with Crippen LogP contribution < -0.4 is 5.32 Å². The Morgan fingerprint density at radius 1 is 1.47 bits per heavy atom. The van der Waals surface area contributed by atoms with E-state index in [2.05, 4.69) is 24.2 Å². The van der Waals surface area contributed by atoms with E-state index in [1.165, 1.54) is 19.3 Å². The zero-order valence-corrected chi connectivity index (χ0v) is 11.5. The molecule has 17 heavy (non-hydrogen) atoms. The highest BCUT2D eigenvalue weighted by Gasteiger charge is 2.22. The molecule has 0 radical (unpaired) electrons. The highest BCUT2D eigenvalue weighted by Crippen LogP contribution is 2.14. The second-order valence-electron chi connectivity index (χ2n) is 5.47. The summed E-state index contributed by atoms with van der Waals surface area (Å²) in [5.41, 5.74) is -0.165. The van der Waals surface area contributed by atoms with E-state index in [-0.39, 0.29) is 12.1 Å². The third kappa shape index (κ3) is 5.34. The van der Waals surface area contributed by atoms with Crippen molar-refractivity contribution in [3.05, 3.63) is 0 Å². The number of nitrogens with zero attached hydrogens (tertiary/aromatic N) is 1. The quantitative estimate of drug-likeness (QED) is 0.697. The summed E-state index contributed by atoms with van der Waals surface area (Å²) in [6, 6.07) is 0. The van der Waals surface area contributed by atoms with Gasteiger partial charge in [-0.05, 0) is 53.2 Å². The summed E-state index contributed by atoms with van der Waals surface area (Å²) in [7, 11) is 4.03. The molecule has 1 aliphatic rings. The lowest BCUT2D eigenvalue weighted by molar-refractivity contribution is -0.00289. The number of aliphatic hydroxyl groups is 1. The van der Waals surface area contributed by atoms with E-state index in [0.717, 1.165) is 26.1 Å². The second-order valence-corrected chi connectivity index (χ2v) is 5.47. The maximum Gasteiger partial charge on any atom is 0.0701 e. The summed E-state index contributed by atoms with van der Waals surface area (Å²) in [5.74, 6) is 0. The summed E-state index contributed by atoms with van der Waals surface area (Å²) in [4.78, 5) is 2.31. The molecular weight excluding hydrogens is 216 g/mol. The number of rotatable bonds is 7. The van der Waals surface area contributed by atoms with Gasteiger partial charge in [-0.3, -0.25) is 0 Å². The Balaban J connectivity index is 2.21. The molecule has 4 heteroatoms. The van der Waals surface area contributed by atoms with Gasteiger partial charge in [0.25, 0.3) is 0 Å². The third-order valence-corrected chi connectivity index (χ3v) is 3.79. The minimum absolute atomic E-state index is 0.165. The first kappa shape index (κ1) is 14.9. The van der Waals surface area contributed by atoms with Crippen molar-refractivity contribution in [1.29, 1.82) is 0 Å². The lowest BCUT2D eigenvalue weighted by atomic mass is 9.99. The van der Waals surface area contributed by atoms with Crippen LogP contribution in [0.5, 0.6) is 0 Å². The molecule has 4 nitrogen and oxygen atoms in total. The molecule has 0 amide bonds. The first-order chi connectivity index (χ1) is 8.09. The molecule has 2 unspecified atom stereocenters. The van der Waals surface area contributed by atoms with E-state index in [0.29, 0.717) is 6.10 Å². The van der Waals surface area contributed by atoms with Crippen molar-refractivity contribution in [3.63, 3.8) is 0 Å². The number of ether oxygens (including phenoxy) is 1. The predicted molar refractivity (Wildman–Crippen MR) is 70.3 cm³/mol. The summed E-state index contributed by atoms with van der Waals surface area (Å²) in [6.07, 6.45) is 5.05. The summed E-state index contributed by atoms with van der Waals surface area (Å²) in [6.45, 7) is 5.14. The number of hydrogen-bond donors (Lipinski definition) is 2. The monoisotopic (exact) mass is 244 g/mol. The van der Waals surface area contributed by atoms with Gasteiger partial charge in [0.05, 0.1) is 12.7 Å². The van der Waals surface area contributed by atoms with Crippen molar-refractivity contribution >= 4 is 0 Å². The fourth-order valence-electron chi connectivity index (χ4n) is 2.11. The van der Waals surface area contributed by atoms with Crippen LogP contribution >= 0.6 is 0 Å². The molecule has 0 aliphatic carbocycles. The van der Waals surface area contributed by atoms with Gasteiger partial charge in [0.2, 0.25) is 0 Å². The van der Waals surface area contributed by atoms with Crippen molar-refractivity contribution in [1.82, 2.24) is 10.2 Å². The molecule has 1 aliphatic heterocycles. The molecule has 0 saturated carbocycles. The van der Waals surface area contributed by atoms with Gasteiger partial charge in [0.15, 0.2) is 0 Å². The van der Waals surface area contributed by atoms with Gasteiger partial charge in [-0.15, -0.1) is 0 Å². The number of nitrogens with one attached hydrogen (secondary N) is 1. The van der Waals surface area contributed by atoms with Crippen LogP contribution in [-0.2, 0) is 4.74 Å². The molecule has 102 valence electrons. The lowest BCUT2D eigenvalue weighted by Crippen LogP contribution is -2.46. The van der Waals surface area contributed by atoms with Crippen LogP contribution in [0.4, 0.5) is 0 Å². The molecule has 1 heterocycles. The van der Waals surface area contributed by atoms with Gasteiger partial charge < -0.3 is 20.1 Å². The van der Waals surface area contributed by atoms with Crippen molar-refractivity contribution in [3.8, 4) is 0 Å². The Labute approximate surface area is 105 Å². The van der Waals surface area contributed by atoms with Gasteiger partial charge in [-0.2, -0.15) is 0 Å². The van der Waals surface area contributed by atoms with Gasteiger partial charge in [-0.25, -0.2) is 0 Å². The zero-order valence-electron chi connectivity index (χ0n) is 11.5. The Bertz CT molecular complexity index is 202. The fourth-order valence-corrected chi connectivity index (χ4v) is 2.11. The topological polar surface area (TPSA) is 44.7 Å². The second kappa shape index (κ2) is 7.31. The number of aliphatic hydroxyl groups excluding tert-OH is 1. The van der Waals surface area contributed by atoms with E-state index in [1.807, 2.05) is 7.05 Å². The van der Waals surface area contributed by atoms with Crippen molar-refractivity contribution in [2.24, 2.45) is 0 Å². The number of hydrogen-bond acceptors (Lipinski definition) is 4. The molecule has 1 fully saturated rings. The molecule has 0 aromatic carbocycles. The van der Waals surface area contributed by atoms with E-state index >= 15 is 0 Å². The predicted octanol–water partition coefficient (Wildman–Crippen LogP) is 0.848. The average molecular weight is 244 g/mol. The van der Waals surface area contributed by atoms with Gasteiger partial charge >= 0.3 is 0 Å². The fraction of sp³-hybridized carbons (Fsp3) is 1.00. The van der Waals surface area contributed by atoms with Crippen LogP contribution in [0.1, 0.15) is 32.6 Å². The third-order valence-electron chi connectivity index (χ3n) is 3.79. The van der Waals surface area contributed by atoms with E-state index in [9.17, 15) is 5.11 Å².